The molecule has 0 aliphatic rings. The highest BCUT2D eigenvalue weighted by Gasteiger charge is 2.13. The van der Waals surface area contributed by atoms with Crippen LogP contribution in [0.3, 0.4) is 0 Å². The molecule has 27 heavy (non-hydrogen) atoms. The van der Waals surface area contributed by atoms with E-state index in [4.69, 9.17) is 20.0 Å². The number of benzene rings is 2. The second-order valence-corrected chi connectivity index (χ2v) is 6.75. The molecule has 3 rings (SSSR count). The topological polar surface area (TPSA) is 99.2 Å². The van der Waals surface area contributed by atoms with E-state index in [1.807, 2.05) is 44.3 Å². The Hall–Kier alpha value is -3.06. The number of hydrogen-bond acceptors (Lipinski definition) is 7. The highest BCUT2D eigenvalue weighted by atomic mass is 32.2. The van der Waals surface area contributed by atoms with E-state index in [0.29, 0.717) is 23.3 Å². The van der Waals surface area contributed by atoms with Crippen LogP contribution in [-0.4, -0.2) is 17.8 Å². The Morgan fingerprint density at radius 2 is 2.11 bits per heavy atom. The van der Waals surface area contributed by atoms with E-state index >= 15 is 0 Å². The highest BCUT2D eigenvalue weighted by Crippen LogP contribution is 2.26. The third-order valence-electron chi connectivity index (χ3n) is 4.23. The van der Waals surface area contributed by atoms with Gasteiger partial charge >= 0.3 is 5.63 Å². The van der Waals surface area contributed by atoms with Gasteiger partial charge in [0, 0.05) is 36.2 Å². The predicted molar refractivity (Wildman–Crippen MR) is 111 cm³/mol. The minimum absolute atomic E-state index is 0.121. The van der Waals surface area contributed by atoms with Crippen molar-refractivity contribution in [2.45, 2.75) is 13.3 Å². The first-order valence-electron chi connectivity index (χ1n) is 8.27. The van der Waals surface area contributed by atoms with Crippen molar-refractivity contribution in [3.05, 3.63) is 69.6 Å². The zero-order valence-electron chi connectivity index (χ0n) is 15.0. The predicted octanol–water partition coefficient (Wildman–Crippen LogP) is 4.39. The maximum absolute atomic E-state index is 12.5. The average molecular weight is 381 g/mol. The number of aryl methyl sites for hydroxylation is 1. The van der Waals surface area contributed by atoms with Crippen molar-refractivity contribution in [2.75, 3.05) is 12.4 Å². The van der Waals surface area contributed by atoms with E-state index in [9.17, 15) is 4.79 Å². The first-order valence-corrected chi connectivity index (χ1v) is 9.15. The standard InChI is InChI=1S/C20H19N3O3S/c1-12-16-7-6-15(25-20(22)27-11-21)10-18(16)26-19(24)17(12)9-13-4-3-5-14(8-13)23-2/h3-8,10-11,21-23H,9H2,1-2H3. The molecule has 138 valence electrons. The van der Waals surface area contributed by atoms with E-state index in [0.717, 1.165) is 39.5 Å². The van der Waals surface area contributed by atoms with Crippen LogP contribution in [0.25, 0.3) is 11.0 Å². The number of hydrogen-bond donors (Lipinski definition) is 3. The lowest BCUT2D eigenvalue weighted by Gasteiger charge is -2.10. The maximum atomic E-state index is 12.5. The van der Waals surface area contributed by atoms with Crippen LogP contribution in [-0.2, 0) is 6.42 Å². The summed E-state index contributed by atoms with van der Waals surface area (Å²) in [4.78, 5) is 12.5. The number of anilines is 1. The Balaban J connectivity index is 1.97. The molecular weight excluding hydrogens is 362 g/mol. The van der Waals surface area contributed by atoms with Crippen LogP contribution in [0.5, 0.6) is 5.75 Å². The molecule has 1 aromatic heterocycles. The van der Waals surface area contributed by atoms with Gasteiger partial charge in [0.05, 0.1) is 5.55 Å². The molecule has 7 heteroatoms. The van der Waals surface area contributed by atoms with Crippen LogP contribution in [0.2, 0.25) is 0 Å². The minimum atomic E-state index is -0.379. The van der Waals surface area contributed by atoms with E-state index < -0.39 is 0 Å². The summed E-state index contributed by atoms with van der Waals surface area (Å²) in [5.41, 5.74) is 4.55. The molecular formula is C20H19N3O3S. The van der Waals surface area contributed by atoms with Gasteiger partial charge < -0.3 is 19.9 Å². The third kappa shape index (κ3) is 4.20. The number of nitrogens with one attached hydrogen (secondary N) is 3. The molecule has 0 saturated carbocycles. The van der Waals surface area contributed by atoms with Gasteiger partial charge in [-0.15, -0.1) is 0 Å². The summed E-state index contributed by atoms with van der Waals surface area (Å²) in [5, 5.41) is 18.4. The summed E-state index contributed by atoms with van der Waals surface area (Å²) in [6, 6.07) is 13.0. The Morgan fingerprint density at radius 1 is 1.30 bits per heavy atom. The normalized spacial score (nSPS) is 10.6. The van der Waals surface area contributed by atoms with Crippen LogP contribution in [0.1, 0.15) is 16.7 Å². The quantitative estimate of drug-likeness (QED) is 0.346. The van der Waals surface area contributed by atoms with Crippen LogP contribution < -0.4 is 15.7 Å². The largest absolute Gasteiger partial charge is 0.434 e. The summed E-state index contributed by atoms with van der Waals surface area (Å²) in [7, 11) is 1.86. The molecule has 0 amide bonds. The molecule has 0 bridgehead atoms. The average Bonchev–Trinajstić information content (AvgIpc) is 2.65. The van der Waals surface area contributed by atoms with Crippen molar-refractivity contribution in [1.82, 2.24) is 0 Å². The fourth-order valence-electron chi connectivity index (χ4n) is 2.87. The number of thioether (sulfide) groups is 1. The molecule has 6 nitrogen and oxygen atoms in total. The van der Waals surface area contributed by atoms with Gasteiger partial charge in [0.1, 0.15) is 11.3 Å². The molecule has 2 aromatic carbocycles. The first kappa shape index (κ1) is 18.7. The Bertz CT molecular complexity index is 1080. The molecule has 1 heterocycles. The van der Waals surface area contributed by atoms with Gasteiger partial charge in [-0.05, 0) is 54.1 Å². The minimum Gasteiger partial charge on any atom is -0.434 e. The smallest absolute Gasteiger partial charge is 0.340 e. The van der Waals surface area contributed by atoms with Gasteiger partial charge in [0.15, 0.2) is 0 Å². The van der Waals surface area contributed by atoms with Gasteiger partial charge in [-0.25, -0.2) is 4.79 Å². The number of fused-ring (bicyclic) bond motifs is 1. The summed E-state index contributed by atoms with van der Waals surface area (Å²) < 4.78 is 10.8. The molecule has 0 unspecified atom stereocenters. The monoisotopic (exact) mass is 381 g/mol. The number of rotatable bonds is 5. The Kier molecular flexibility index (Phi) is 5.61. The van der Waals surface area contributed by atoms with Gasteiger partial charge in [0.25, 0.3) is 5.23 Å². The second-order valence-electron chi connectivity index (χ2n) is 5.90. The molecule has 3 aromatic rings. The van der Waals surface area contributed by atoms with Crippen LogP contribution in [0.15, 0.2) is 51.7 Å². The van der Waals surface area contributed by atoms with Crippen LogP contribution >= 0.6 is 11.8 Å². The van der Waals surface area contributed by atoms with Crippen molar-refractivity contribution < 1.29 is 9.15 Å². The van der Waals surface area contributed by atoms with E-state index in [1.165, 1.54) is 0 Å². The Labute approximate surface area is 160 Å². The van der Waals surface area contributed by atoms with Crippen molar-refractivity contribution >= 4 is 39.2 Å². The van der Waals surface area contributed by atoms with Crippen molar-refractivity contribution in [1.29, 1.82) is 10.8 Å². The zero-order valence-corrected chi connectivity index (χ0v) is 15.8. The number of ether oxygens (including phenoxy) is 1. The lowest BCUT2D eigenvalue weighted by atomic mass is 9.99. The van der Waals surface area contributed by atoms with Gasteiger partial charge in [-0.3, -0.25) is 5.41 Å². The molecule has 0 saturated heterocycles. The molecule has 0 radical (unpaired) electrons. The molecule has 0 spiro atoms. The van der Waals surface area contributed by atoms with E-state index in [-0.39, 0.29) is 10.9 Å². The van der Waals surface area contributed by atoms with E-state index in [1.54, 1.807) is 12.1 Å². The lowest BCUT2D eigenvalue weighted by Crippen LogP contribution is -2.11. The summed E-state index contributed by atoms with van der Waals surface area (Å²) >= 11 is 0.850. The third-order valence-corrected chi connectivity index (χ3v) is 4.65. The maximum Gasteiger partial charge on any atom is 0.340 e. The van der Waals surface area contributed by atoms with Gasteiger partial charge in [-0.2, -0.15) is 0 Å². The van der Waals surface area contributed by atoms with Crippen molar-refractivity contribution in [2.24, 2.45) is 0 Å². The molecule has 3 N–H and O–H groups in total. The van der Waals surface area contributed by atoms with Crippen molar-refractivity contribution in [3.63, 3.8) is 0 Å². The van der Waals surface area contributed by atoms with Crippen LogP contribution in [0, 0.1) is 17.7 Å². The summed E-state index contributed by atoms with van der Waals surface area (Å²) in [6.45, 7) is 1.91. The van der Waals surface area contributed by atoms with E-state index in [2.05, 4.69) is 5.32 Å². The SMILES string of the molecule is CNc1cccc(Cc2c(C)c3ccc(OC(=N)SC=N)cc3oc2=O)c1. The summed E-state index contributed by atoms with van der Waals surface area (Å²) in [6.07, 6.45) is 0.485. The van der Waals surface area contributed by atoms with Gasteiger partial charge in [-0.1, -0.05) is 12.1 Å². The molecule has 0 fully saturated rings. The second kappa shape index (κ2) is 8.09. The van der Waals surface area contributed by atoms with Crippen molar-refractivity contribution in [3.8, 4) is 5.75 Å². The zero-order chi connectivity index (χ0) is 19.4. The fourth-order valence-corrected chi connectivity index (χ4v) is 3.12. The van der Waals surface area contributed by atoms with Crippen LogP contribution in [0.4, 0.5) is 5.69 Å². The molecule has 0 aliphatic carbocycles. The highest BCUT2D eigenvalue weighted by molar-refractivity contribution is 8.24. The Morgan fingerprint density at radius 3 is 2.85 bits per heavy atom. The van der Waals surface area contributed by atoms with Gasteiger partial charge in [0.2, 0.25) is 0 Å². The first-order chi connectivity index (χ1) is 13.0. The molecule has 0 atom stereocenters. The lowest BCUT2D eigenvalue weighted by molar-refractivity contribution is 0.539. The molecule has 0 aliphatic heterocycles. The summed E-state index contributed by atoms with van der Waals surface area (Å²) in [5.74, 6) is 0.388. The fraction of sp³-hybridized carbons (Fsp3) is 0.150.